The van der Waals surface area contributed by atoms with Crippen molar-refractivity contribution in [2.75, 3.05) is 27.7 Å². The first-order chi connectivity index (χ1) is 11.2. The van der Waals surface area contributed by atoms with E-state index in [2.05, 4.69) is 0 Å². The zero-order valence-electron chi connectivity index (χ0n) is 15.2. The fourth-order valence-electron chi connectivity index (χ4n) is 1.47. The number of esters is 1. The van der Waals surface area contributed by atoms with Gasteiger partial charge in [-0.05, 0) is 0 Å². The molecular formula is C14H23MgNO10. The molecule has 0 saturated carbocycles. The van der Waals surface area contributed by atoms with Gasteiger partial charge in [0.2, 0.25) is 0 Å². The summed E-state index contributed by atoms with van der Waals surface area (Å²) in [6.07, 6.45) is -5.49. The molecule has 3 atom stereocenters. The van der Waals surface area contributed by atoms with Crippen molar-refractivity contribution in [2.24, 2.45) is 0 Å². The molecule has 0 aromatic rings. The Kier molecular flexibility index (Phi) is 15.4. The third-order valence-corrected chi connectivity index (χ3v) is 2.51. The predicted octanol–water partition coefficient (Wildman–Crippen LogP) is -6.02. The van der Waals surface area contributed by atoms with E-state index < -0.39 is 36.2 Å². The van der Waals surface area contributed by atoms with Crippen LogP contribution in [-0.4, -0.2) is 108 Å². The molecule has 0 spiro atoms. The molecule has 12 heteroatoms. The van der Waals surface area contributed by atoms with Gasteiger partial charge in [-0.15, -0.1) is 0 Å². The number of carboxylic acids is 3. The molecule has 11 nitrogen and oxygen atoms in total. The van der Waals surface area contributed by atoms with Crippen LogP contribution in [0.2, 0.25) is 0 Å². The minimum atomic E-state index is -2.44. The van der Waals surface area contributed by atoms with Crippen molar-refractivity contribution >= 4 is 46.9 Å². The van der Waals surface area contributed by atoms with Gasteiger partial charge in [0.1, 0.15) is 18.8 Å². The smallest absolute Gasteiger partial charge is 0.550 e. The number of hydrogen-bond acceptors (Lipinski definition) is 10. The molecule has 0 aliphatic carbocycles. The van der Waals surface area contributed by atoms with Gasteiger partial charge in [-0.1, -0.05) is 6.92 Å². The maximum absolute atomic E-state index is 11.0. The van der Waals surface area contributed by atoms with Crippen LogP contribution in [0, 0.1) is 0 Å². The number of quaternary nitrogens is 1. The first-order valence-electron chi connectivity index (χ1n) is 7.18. The molecule has 0 heterocycles. The van der Waals surface area contributed by atoms with Gasteiger partial charge in [0.25, 0.3) is 0 Å². The summed E-state index contributed by atoms with van der Waals surface area (Å²) in [5.41, 5.74) is 0. The van der Waals surface area contributed by atoms with Gasteiger partial charge >= 0.3 is 29.0 Å². The van der Waals surface area contributed by atoms with E-state index in [1.54, 1.807) is 6.92 Å². The van der Waals surface area contributed by atoms with E-state index in [1.807, 2.05) is 21.1 Å². The molecule has 2 N–H and O–H groups in total. The largest absolute Gasteiger partial charge is 2.00 e. The number of carbonyl (C=O) groups excluding carboxylic acids is 4. The van der Waals surface area contributed by atoms with Crippen molar-refractivity contribution in [3.63, 3.8) is 0 Å². The third kappa shape index (κ3) is 16.0. The number of carboxylic acid groups (broad SMARTS) is 3. The molecule has 0 aromatic heterocycles. The molecular weight excluding hydrogens is 366 g/mol. The Morgan fingerprint density at radius 2 is 1.35 bits per heavy atom. The van der Waals surface area contributed by atoms with Gasteiger partial charge in [0.15, 0.2) is 6.10 Å². The Morgan fingerprint density at radius 1 is 0.962 bits per heavy atom. The standard InChI is InChI=1S/C10H19NO4.C4H6O6.Mg/c1-5-10(14)15-8(6-9(12)13)7-11(2,3)4;5-1(3(7)8)2(6)4(9)10;/h8H,5-7H2,1-4H3;1-2,5-6H,(H,7,8)(H,9,10);/q;;+2/p-2/t8-;;/m1../s1. The predicted molar refractivity (Wildman–Crippen MR) is 80.5 cm³/mol. The zero-order chi connectivity index (χ0) is 20.4. The van der Waals surface area contributed by atoms with Crippen LogP contribution < -0.4 is 15.3 Å². The van der Waals surface area contributed by atoms with Crippen LogP contribution in [-0.2, 0) is 23.9 Å². The second-order valence-electron chi connectivity index (χ2n) is 6.04. The van der Waals surface area contributed by atoms with Crippen molar-refractivity contribution in [3.05, 3.63) is 0 Å². The average molecular weight is 390 g/mol. The van der Waals surface area contributed by atoms with Gasteiger partial charge in [0.05, 0.1) is 33.1 Å². The second kappa shape index (κ2) is 13.7. The molecule has 2 unspecified atom stereocenters. The number of rotatable bonds is 9. The van der Waals surface area contributed by atoms with E-state index in [1.165, 1.54) is 0 Å². The van der Waals surface area contributed by atoms with Crippen LogP contribution >= 0.6 is 0 Å². The zero-order valence-corrected chi connectivity index (χ0v) is 16.6. The molecule has 146 valence electrons. The topological polar surface area (TPSA) is 187 Å². The summed E-state index contributed by atoms with van der Waals surface area (Å²) in [5, 5.41) is 46.2. The Morgan fingerprint density at radius 3 is 1.58 bits per heavy atom. The number of ether oxygens (including phenoxy) is 1. The minimum Gasteiger partial charge on any atom is -0.550 e. The number of hydrogen-bond donors (Lipinski definition) is 2. The molecule has 0 saturated heterocycles. The SMILES string of the molecule is CCC(=O)O[C@H](CC(=O)[O-])C[N+](C)(C)C.O=C([O-])C(O)C(O)C(=O)[O-].[Mg+2]. The van der Waals surface area contributed by atoms with Crippen LogP contribution in [0.25, 0.3) is 0 Å². The molecule has 0 aliphatic heterocycles. The van der Waals surface area contributed by atoms with Crippen LogP contribution in [0.5, 0.6) is 0 Å². The van der Waals surface area contributed by atoms with Gasteiger partial charge in [-0.2, -0.15) is 0 Å². The van der Waals surface area contributed by atoms with E-state index in [-0.39, 0.29) is 41.9 Å². The molecule has 0 fully saturated rings. The molecule has 0 radical (unpaired) electrons. The molecule has 0 amide bonds. The van der Waals surface area contributed by atoms with Crippen molar-refractivity contribution < 1.29 is 53.9 Å². The Bertz CT molecular complexity index is 459. The van der Waals surface area contributed by atoms with Gasteiger partial charge < -0.3 is 49.1 Å². The van der Waals surface area contributed by atoms with Crippen LogP contribution in [0.3, 0.4) is 0 Å². The van der Waals surface area contributed by atoms with Crippen LogP contribution in [0.1, 0.15) is 19.8 Å². The summed E-state index contributed by atoms with van der Waals surface area (Å²) in [4.78, 5) is 40.8. The van der Waals surface area contributed by atoms with Crippen LogP contribution in [0.15, 0.2) is 0 Å². The van der Waals surface area contributed by atoms with Crippen molar-refractivity contribution in [3.8, 4) is 0 Å². The fourth-order valence-corrected chi connectivity index (χ4v) is 1.47. The number of nitrogens with zero attached hydrogens (tertiary/aromatic N) is 1. The second-order valence-corrected chi connectivity index (χ2v) is 6.04. The Balaban J connectivity index is -0.000000422. The quantitative estimate of drug-likeness (QED) is 0.218. The van der Waals surface area contributed by atoms with E-state index in [0.717, 1.165) is 0 Å². The molecule has 0 rings (SSSR count). The normalized spacial score (nSPS) is 13.8. The van der Waals surface area contributed by atoms with Crippen molar-refractivity contribution in [2.45, 2.75) is 38.1 Å². The van der Waals surface area contributed by atoms with E-state index in [9.17, 15) is 34.5 Å². The fraction of sp³-hybridized carbons (Fsp3) is 0.714. The summed E-state index contributed by atoms with van der Waals surface area (Å²) in [5.74, 6) is -5.69. The Hall–Kier alpha value is -1.47. The summed E-state index contributed by atoms with van der Waals surface area (Å²) in [6, 6.07) is 0. The van der Waals surface area contributed by atoms with E-state index in [0.29, 0.717) is 11.0 Å². The number of aliphatic hydroxyl groups is 2. The molecule has 26 heavy (non-hydrogen) atoms. The monoisotopic (exact) mass is 389 g/mol. The van der Waals surface area contributed by atoms with Gasteiger partial charge in [-0.25, -0.2) is 0 Å². The molecule has 0 aliphatic rings. The van der Waals surface area contributed by atoms with Crippen LogP contribution in [0.4, 0.5) is 0 Å². The number of carbonyl (C=O) groups is 4. The first-order valence-corrected chi connectivity index (χ1v) is 7.18. The van der Waals surface area contributed by atoms with E-state index >= 15 is 0 Å². The van der Waals surface area contributed by atoms with Gasteiger partial charge in [0, 0.05) is 18.8 Å². The van der Waals surface area contributed by atoms with Crippen molar-refractivity contribution in [1.82, 2.24) is 0 Å². The van der Waals surface area contributed by atoms with Gasteiger partial charge in [-0.3, -0.25) is 4.79 Å². The minimum absolute atomic E-state index is 0. The Labute approximate surface area is 166 Å². The summed E-state index contributed by atoms with van der Waals surface area (Å²) < 4.78 is 5.55. The number of aliphatic carboxylic acids is 3. The van der Waals surface area contributed by atoms with Crippen molar-refractivity contribution in [1.29, 1.82) is 0 Å². The van der Waals surface area contributed by atoms with E-state index in [4.69, 9.17) is 14.9 Å². The maximum Gasteiger partial charge on any atom is 2.00 e. The average Bonchev–Trinajstić information content (AvgIpc) is 2.43. The maximum atomic E-state index is 11.0. The summed E-state index contributed by atoms with van der Waals surface area (Å²) in [7, 11) is 5.71. The summed E-state index contributed by atoms with van der Waals surface area (Å²) in [6.45, 7) is 2.13. The number of likely N-dealkylation sites (N-methyl/N-ethyl adjacent to an activating group) is 1. The summed E-state index contributed by atoms with van der Waals surface area (Å²) >= 11 is 0. The number of aliphatic hydroxyl groups excluding tert-OH is 2. The first kappa shape index (κ1) is 29.3. The third-order valence-electron chi connectivity index (χ3n) is 2.51. The molecule has 0 bridgehead atoms. The molecule has 0 aromatic carbocycles.